The first-order valence-corrected chi connectivity index (χ1v) is 12.0. The van der Waals surface area contributed by atoms with Crippen LogP contribution in [-0.2, 0) is 11.3 Å². The molecule has 178 valence electrons. The number of aryl methyl sites for hydroxylation is 1. The molecule has 0 unspecified atom stereocenters. The van der Waals surface area contributed by atoms with Crippen LogP contribution in [0.2, 0.25) is 0 Å². The van der Waals surface area contributed by atoms with Crippen LogP contribution in [-0.4, -0.2) is 49.3 Å². The van der Waals surface area contributed by atoms with E-state index < -0.39 is 4.92 Å². The molecule has 0 radical (unpaired) electrons. The van der Waals surface area contributed by atoms with E-state index in [1.165, 1.54) is 36.4 Å². The van der Waals surface area contributed by atoms with Gasteiger partial charge in [-0.3, -0.25) is 24.4 Å². The average Bonchev–Trinajstić information content (AvgIpc) is 3.22. The van der Waals surface area contributed by atoms with E-state index in [2.05, 4.69) is 20.4 Å². The number of nitrogens with zero attached hydrogens (tertiary/aromatic N) is 5. The first-order chi connectivity index (χ1) is 16.4. The average molecular weight is 485 g/mol. The van der Waals surface area contributed by atoms with E-state index in [0.29, 0.717) is 23.0 Å². The summed E-state index contributed by atoms with van der Waals surface area (Å²) in [6.45, 7) is 4.24. The van der Waals surface area contributed by atoms with Crippen LogP contribution < -0.4 is 5.32 Å². The van der Waals surface area contributed by atoms with Crippen molar-refractivity contribution in [3.63, 3.8) is 0 Å². The van der Waals surface area contributed by atoms with Gasteiger partial charge in [-0.05, 0) is 63.2 Å². The topological polar surface area (TPSA) is 106 Å². The van der Waals surface area contributed by atoms with Crippen LogP contribution in [0.3, 0.4) is 0 Å². The van der Waals surface area contributed by atoms with Gasteiger partial charge in [-0.2, -0.15) is 0 Å². The molecule has 2 aromatic carbocycles. The minimum Gasteiger partial charge on any atom is -0.325 e. The molecule has 1 aliphatic heterocycles. The van der Waals surface area contributed by atoms with Crippen molar-refractivity contribution in [3.8, 4) is 5.69 Å². The normalized spacial score (nSPS) is 14.2. The molecule has 0 atom stereocenters. The van der Waals surface area contributed by atoms with Gasteiger partial charge in [0.15, 0.2) is 11.0 Å². The highest BCUT2D eigenvalue weighted by Crippen LogP contribution is 2.25. The molecule has 9 nitrogen and oxygen atoms in total. The van der Waals surface area contributed by atoms with Crippen molar-refractivity contribution in [2.45, 2.75) is 37.9 Å². The number of hydrogen-bond acceptors (Lipinski definition) is 7. The van der Waals surface area contributed by atoms with Gasteiger partial charge in [-0.25, -0.2) is 4.39 Å². The lowest BCUT2D eigenvalue weighted by Gasteiger charge is -2.26. The van der Waals surface area contributed by atoms with Gasteiger partial charge in [0.2, 0.25) is 5.91 Å². The van der Waals surface area contributed by atoms with Crippen molar-refractivity contribution in [3.05, 3.63) is 69.8 Å². The van der Waals surface area contributed by atoms with Gasteiger partial charge in [0, 0.05) is 23.0 Å². The number of aromatic nitrogens is 3. The molecule has 0 aliphatic carbocycles. The van der Waals surface area contributed by atoms with Gasteiger partial charge < -0.3 is 5.32 Å². The Morgan fingerprint density at radius 1 is 1.15 bits per heavy atom. The quantitative estimate of drug-likeness (QED) is 0.288. The lowest BCUT2D eigenvalue weighted by Crippen LogP contribution is -2.30. The molecule has 1 aromatic heterocycles. The summed E-state index contributed by atoms with van der Waals surface area (Å²) in [5.74, 6) is 0.0974. The lowest BCUT2D eigenvalue weighted by atomic mass is 10.1. The van der Waals surface area contributed by atoms with Crippen LogP contribution in [0, 0.1) is 22.9 Å². The molecular weight excluding hydrogens is 459 g/mol. The summed E-state index contributed by atoms with van der Waals surface area (Å²) in [6.07, 6.45) is 3.51. The van der Waals surface area contributed by atoms with E-state index >= 15 is 0 Å². The zero-order chi connectivity index (χ0) is 24.1. The van der Waals surface area contributed by atoms with Crippen molar-refractivity contribution < 1.29 is 14.1 Å². The van der Waals surface area contributed by atoms with E-state index in [9.17, 15) is 19.3 Å². The zero-order valence-corrected chi connectivity index (χ0v) is 19.6. The first-order valence-electron chi connectivity index (χ1n) is 11.0. The summed E-state index contributed by atoms with van der Waals surface area (Å²) in [6, 6.07) is 10.6. The lowest BCUT2D eigenvalue weighted by molar-refractivity contribution is -0.385. The van der Waals surface area contributed by atoms with Crippen molar-refractivity contribution >= 4 is 29.0 Å². The number of anilines is 1. The maximum atomic E-state index is 13.5. The Hall–Kier alpha value is -3.31. The van der Waals surface area contributed by atoms with Gasteiger partial charge in [0.1, 0.15) is 5.82 Å². The number of likely N-dealkylation sites (tertiary alicyclic amines) is 1. The Labute approximate surface area is 200 Å². The summed E-state index contributed by atoms with van der Waals surface area (Å²) in [5, 5.41) is 23.0. The van der Waals surface area contributed by atoms with Crippen molar-refractivity contribution in [2.24, 2.45) is 0 Å². The molecule has 34 heavy (non-hydrogen) atoms. The van der Waals surface area contributed by atoms with Crippen LogP contribution in [0.4, 0.5) is 15.8 Å². The van der Waals surface area contributed by atoms with E-state index in [0.717, 1.165) is 37.4 Å². The molecule has 11 heteroatoms. The number of nitro groups is 1. The number of nitrogens with one attached hydrogen (secondary N) is 1. The number of piperidine rings is 1. The van der Waals surface area contributed by atoms with Gasteiger partial charge in [0.25, 0.3) is 5.69 Å². The molecule has 0 spiro atoms. The summed E-state index contributed by atoms with van der Waals surface area (Å²) >= 11 is 1.20. The molecular formula is C23H25FN6O3S. The monoisotopic (exact) mass is 484 g/mol. The van der Waals surface area contributed by atoms with Crippen molar-refractivity contribution in [1.29, 1.82) is 0 Å². The maximum Gasteiger partial charge on any atom is 0.274 e. The Morgan fingerprint density at radius 2 is 1.88 bits per heavy atom. The Bertz CT molecular complexity index is 1180. The third-order valence-electron chi connectivity index (χ3n) is 5.62. The largest absolute Gasteiger partial charge is 0.325 e. The molecule has 0 bridgehead atoms. The number of rotatable bonds is 8. The van der Waals surface area contributed by atoms with Crippen LogP contribution in [0.25, 0.3) is 5.69 Å². The molecule has 2 heterocycles. The number of hydrogen-bond donors (Lipinski definition) is 1. The number of halogens is 1. The minimum absolute atomic E-state index is 0.0325. The molecule has 1 aliphatic rings. The van der Waals surface area contributed by atoms with E-state index in [4.69, 9.17) is 0 Å². The van der Waals surface area contributed by atoms with Crippen LogP contribution in [0.15, 0.2) is 47.6 Å². The standard InChI is InChI=1S/C23H25FN6O3S/c1-16-5-8-18(13-20(16)30(32)33)25-22(31)15-34-23-27-26-21(14-28-11-3-2-4-12-28)29(23)19-9-6-17(24)7-10-19/h5-10,13H,2-4,11-12,14-15H2,1H3,(H,25,31). The maximum absolute atomic E-state index is 13.5. The number of carbonyl (C=O) groups excluding carboxylic acids is 1. The highest BCUT2D eigenvalue weighted by molar-refractivity contribution is 7.99. The highest BCUT2D eigenvalue weighted by Gasteiger charge is 2.20. The van der Waals surface area contributed by atoms with Crippen LogP contribution >= 0.6 is 11.8 Å². The predicted octanol–water partition coefficient (Wildman–Crippen LogP) is 4.34. The summed E-state index contributed by atoms with van der Waals surface area (Å²) in [4.78, 5) is 25.5. The molecule has 1 N–H and O–H groups in total. The SMILES string of the molecule is Cc1ccc(NC(=O)CSc2nnc(CN3CCCCC3)n2-c2ccc(F)cc2)cc1[N+](=O)[O-]. The fraction of sp³-hybridized carbons (Fsp3) is 0.348. The summed E-state index contributed by atoms with van der Waals surface area (Å²) in [7, 11) is 0. The number of carbonyl (C=O) groups is 1. The molecule has 3 aromatic rings. The van der Waals surface area contributed by atoms with Crippen molar-refractivity contribution in [2.75, 3.05) is 24.2 Å². The van der Waals surface area contributed by atoms with Gasteiger partial charge in [0.05, 0.1) is 17.2 Å². The van der Waals surface area contributed by atoms with Gasteiger partial charge >= 0.3 is 0 Å². The fourth-order valence-corrected chi connectivity index (χ4v) is 4.65. The fourth-order valence-electron chi connectivity index (χ4n) is 3.87. The van der Waals surface area contributed by atoms with Crippen LogP contribution in [0.5, 0.6) is 0 Å². The van der Waals surface area contributed by atoms with Gasteiger partial charge in [-0.15, -0.1) is 10.2 Å². The third kappa shape index (κ3) is 5.78. The second-order valence-electron chi connectivity index (χ2n) is 8.14. The molecule has 4 rings (SSSR count). The van der Waals surface area contributed by atoms with E-state index in [1.54, 1.807) is 31.2 Å². The number of nitro benzene ring substituents is 1. The zero-order valence-electron chi connectivity index (χ0n) is 18.7. The van der Waals surface area contributed by atoms with E-state index in [-0.39, 0.29) is 23.2 Å². The Balaban J connectivity index is 1.49. The Morgan fingerprint density at radius 3 is 2.59 bits per heavy atom. The molecule has 1 fully saturated rings. The van der Waals surface area contributed by atoms with E-state index in [1.807, 2.05) is 4.57 Å². The number of amides is 1. The second-order valence-corrected chi connectivity index (χ2v) is 9.09. The predicted molar refractivity (Wildman–Crippen MR) is 128 cm³/mol. The Kier molecular flexibility index (Phi) is 7.53. The third-order valence-corrected chi connectivity index (χ3v) is 6.55. The van der Waals surface area contributed by atoms with Crippen molar-refractivity contribution in [1.82, 2.24) is 19.7 Å². The summed E-state index contributed by atoms with van der Waals surface area (Å²) in [5.41, 5.74) is 1.54. The number of benzene rings is 2. The smallest absolute Gasteiger partial charge is 0.274 e. The molecule has 0 saturated carbocycles. The first kappa shape index (κ1) is 23.8. The van der Waals surface area contributed by atoms with Gasteiger partial charge in [-0.1, -0.05) is 24.2 Å². The molecule has 1 saturated heterocycles. The number of thioether (sulfide) groups is 1. The van der Waals surface area contributed by atoms with Crippen LogP contribution in [0.1, 0.15) is 30.7 Å². The minimum atomic E-state index is -0.477. The second kappa shape index (κ2) is 10.7. The molecule has 1 amide bonds. The summed E-state index contributed by atoms with van der Waals surface area (Å²) < 4.78 is 15.4. The highest BCUT2D eigenvalue weighted by atomic mass is 32.2.